The molecule has 124 valence electrons. The smallest absolute Gasteiger partial charge is 0.338 e. The first kappa shape index (κ1) is 16.3. The van der Waals surface area contributed by atoms with E-state index in [2.05, 4.69) is 21.2 Å². The first-order valence-electron chi connectivity index (χ1n) is 7.16. The fraction of sp³-hybridized carbons (Fsp3) is 0.176. The highest BCUT2D eigenvalue weighted by Gasteiger charge is 2.17. The molecule has 0 saturated heterocycles. The van der Waals surface area contributed by atoms with E-state index in [0.29, 0.717) is 22.7 Å². The van der Waals surface area contributed by atoms with Crippen LogP contribution in [-0.2, 0) is 16.1 Å². The second-order valence-electron chi connectivity index (χ2n) is 5.14. The molecule has 1 aliphatic heterocycles. The van der Waals surface area contributed by atoms with Crippen LogP contribution in [-0.4, -0.2) is 18.7 Å². The third kappa shape index (κ3) is 3.68. The van der Waals surface area contributed by atoms with Crippen molar-refractivity contribution in [2.45, 2.75) is 13.5 Å². The highest BCUT2D eigenvalue weighted by molar-refractivity contribution is 9.10. The van der Waals surface area contributed by atoms with Gasteiger partial charge in [-0.2, -0.15) is 0 Å². The van der Waals surface area contributed by atoms with Crippen LogP contribution in [0.4, 0.5) is 5.69 Å². The van der Waals surface area contributed by atoms with E-state index in [1.54, 1.807) is 36.4 Å². The third-order valence-electron chi connectivity index (χ3n) is 3.32. The molecule has 0 saturated carbocycles. The predicted octanol–water partition coefficient (Wildman–Crippen LogP) is 3.49. The third-order valence-corrected chi connectivity index (χ3v) is 4.06. The van der Waals surface area contributed by atoms with Gasteiger partial charge in [-0.05, 0) is 30.3 Å². The number of rotatable bonds is 4. The molecule has 0 unspecified atom stereocenters. The van der Waals surface area contributed by atoms with Gasteiger partial charge < -0.3 is 19.5 Å². The van der Waals surface area contributed by atoms with Crippen molar-refractivity contribution < 1.29 is 23.8 Å². The molecule has 1 heterocycles. The molecule has 24 heavy (non-hydrogen) atoms. The summed E-state index contributed by atoms with van der Waals surface area (Å²) in [4.78, 5) is 23.3. The van der Waals surface area contributed by atoms with E-state index < -0.39 is 5.97 Å². The summed E-state index contributed by atoms with van der Waals surface area (Å²) in [7, 11) is 0. The largest absolute Gasteiger partial charge is 0.457 e. The number of nitrogens with one attached hydrogen (secondary N) is 1. The Kier molecular flexibility index (Phi) is 4.71. The van der Waals surface area contributed by atoms with Gasteiger partial charge in [0.05, 0.1) is 5.56 Å². The number of esters is 1. The minimum Gasteiger partial charge on any atom is -0.457 e. The Morgan fingerprint density at radius 1 is 1.21 bits per heavy atom. The fourth-order valence-corrected chi connectivity index (χ4v) is 2.66. The van der Waals surface area contributed by atoms with Crippen LogP contribution in [0.2, 0.25) is 0 Å². The summed E-state index contributed by atoms with van der Waals surface area (Å²) in [5.74, 6) is 0.591. The number of fused-ring (bicyclic) bond motifs is 1. The van der Waals surface area contributed by atoms with Crippen LogP contribution in [0.3, 0.4) is 0 Å². The number of carbonyl (C=O) groups excluding carboxylic acids is 2. The van der Waals surface area contributed by atoms with E-state index in [1.165, 1.54) is 6.92 Å². The maximum atomic E-state index is 12.2. The lowest BCUT2D eigenvalue weighted by molar-refractivity contribution is -0.114. The molecule has 0 atom stereocenters. The summed E-state index contributed by atoms with van der Waals surface area (Å²) in [6, 6.07) is 10.1. The Morgan fingerprint density at radius 2 is 1.96 bits per heavy atom. The number of hydrogen-bond donors (Lipinski definition) is 1. The summed E-state index contributed by atoms with van der Waals surface area (Å²) < 4.78 is 16.7. The first-order chi connectivity index (χ1) is 11.5. The van der Waals surface area contributed by atoms with E-state index >= 15 is 0 Å². The van der Waals surface area contributed by atoms with Crippen LogP contribution < -0.4 is 14.8 Å². The molecule has 0 fully saturated rings. The van der Waals surface area contributed by atoms with Gasteiger partial charge in [-0.25, -0.2) is 4.79 Å². The molecule has 0 bridgehead atoms. The summed E-state index contributed by atoms with van der Waals surface area (Å²) in [6.07, 6.45) is 0. The topological polar surface area (TPSA) is 73.9 Å². The van der Waals surface area contributed by atoms with Gasteiger partial charge in [0, 0.05) is 22.6 Å². The zero-order chi connectivity index (χ0) is 17.1. The standard InChI is InChI=1S/C17H14BrNO5/c1-10(20)19-13-4-2-3-11(5-13)17(21)22-8-12-6-15-16(7-14(12)18)24-9-23-15/h2-7H,8-9H2,1H3,(H,19,20). The Hall–Kier alpha value is -2.54. The van der Waals surface area contributed by atoms with Gasteiger partial charge in [-0.3, -0.25) is 4.79 Å². The Morgan fingerprint density at radius 3 is 2.71 bits per heavy atom. The molecule has 7 heteroatoms. The quantitative estimate of drug-likeness (QED) is 0.807. The predicted molar refractivity (Wildman–Crippen MR) is 90.1 cm³/mol. The van der Waals surface area contributed by atoms with Crippen LogP contribution >= 0.6 is 15.9 Å². The van der Waals surface area contributed by atoms with Gasteiger partial charge in [-0.1, -0.05) is 22.0 Å². The Balaban J connectivity index is 1.69. The van der Waals surface area contributed by atoms with Crippen molar-refractivity contribution >= 4 is 33.5 Å². The van der Waals surface area contributed by atoms with Gasteiger partial charge in [0.15, 0.2) is 11.5 Å². The summed E-state index contributed by atoms with van der Waals surface area (Å²) in [5.41, 5.74) is 1.67. The number of carbonyl (C=O) groups is 2. The van der Waals surface area contributed by atoms with E-state index in [0.717, 1.165) is 10.0 Å². The number of ether oxygens (including phenoxy) is 3. The molecule has 0 radical (unpaired) electrons. The van der Waals surface area contributed by atoms with Crippen molar-refractivity contribution in [3.8, 4) is 11.5 Å². The van der Waals surface area contributed by atoms with Gasteiger partial charge in [-0.15, -0.1) is 0 Å². The summed E-state index contributed by atoms with van der Waals surface area (Å²) >= 11 is 3.42. The number of anilines is 1. The molecule has 0 aromatic heterocycles. The van der Waals surface area contributed by atoms with Crippen molar-refractivity contribution in [2.75, 3.05) is 12.1 Å². The Bertz CT molecular complexity index is 806. The van der Waals surface area contributed by atoms with Gasteiger partial charge in [0.2, 0.25) is 12.7 Å². The minimum atomic E-state index is -0.480. The molecule has 2 aromatic carbocycles. The molecule has 3 rings (SSSR count). The normalized spacial score (nSPS) is 11.9. The fourth-order valence-electron chi connectivity index (χ4n) is 2.22. The maximum Gasteiger partial charge on any atom is 0.338 e. The van der Waals surface area contributed by atoms with Crippen molar-refractivity contribution in [1.82, 2.24) is 0 Å². The van der Waals surface area contributed by atoms with E-state index in [-0.39, 0.29) is 19.3 Å². The van der Waals surface area contributed by atoms with Crippen LogP contribution in [0.1, 0.15) is 22.8 Å². The molecular formula is C17H14BrNO5. The summed E-state index contributed by atoms with van der Waals surface area (Å²) in [5, 5.41) is 2.63. The molecule has 1 amide bonds. The second-order valence-corrected chi connectivity index (χ2v) is 5.99. The average molecular weight is 392 g/mol. The molecule has 2 aromatic rings. The number of hydrogen-bond acceptors (Lipinski definition) is 5. The second kappa shape index (κ2) is 6.92. The van der Waals surface area contributed by atoms with E-state index in [1.807, 2.05) is 0 Å². The van der Waals surface area contributed by atoms with Crippen LogP contribution in [0, 0.1) is 0 Å². The lowest BCUT2D eigenvalue weighted by atomic mass is 10.2. The summed E-state index contributed by atoms with van der Waals surface area (Å²) in [6.45, 7) is 1.67. The van der Waals surface area contributed by atoms with Crippen molar-refractivity contribution in [3.63, 3.8) is 0 Å². The Labute approximate surface area is 146 Å². The highest BCUT2D eigenvalue weighted by Crippen LogP contribution is 2.37. The zero-order valence-corrected chi connectivity index (χ0v) is 14.4. The van der Waals surface area contributed by atoms with Crippen LogP contribution in [0.25, 0.3) is 0 Å². The average Bonchev–Trinajstić information content (AvgIpc) is 2.99. The molecule has 0 aliphatic carbocycles. The number of amides is 1. The maximum absolute atomic E-state index is 12.2. The van der Waals surface area contributed by atoms with Gasteiger partial charge >= 0.3 is 5.97 Å². The van der Waals surface area contributed by atoms with E-state index in [4.69, 9.17) is 14.2 Å². The monoisotopic (exact) mass is 391 g/mol. The highest BCUT2D eigenvalue weighted by atomic mass is 79.9. The van der Waals surface area contributed by atoms with Crippen molar-refractivity contribution in [1.29, 1.82) is 0 Å². The number of halogens is 1. The molecule has 0 spiro atoms. The van der Waals surface area contributed by atoms with Crippen molar-refractivity contribution in [3.05, 3.63) is 52.0 Å². The molecule has 6 nitrogen and oxygen atoms in total. The van der Waals surface area contributed by atoms with E-state index in [9.17, 15) is 9.59 Å². The molecule has 1 N–H and O–H groups in total. The minimum absolute atomic E-state index is 0.0838. The molecule has 1 aliphatic rings. The van der Waals surface area contributed by atoms with Crippen LogP contribution in [0.5, 0.6) is 11.5 Å². The first-order valence-corrected chi connectivity index (χ1v) is 7.95. The van der Waals surface area contributed by atoms with Gasteiger partial charge in [0.25, 0.3) is 0 Å². The lowest BCUT2D eigenvalue weighted by Gasteiger charge is -2.09. The lowest BCUT2D eigenvalue weighted by Crippen LogP contribution is -2.09. The van der Waals surface area contributed by atoms with Gasteiger partial charge in [0.1, 0.15) is 6.61 Å². The number of benzene rings is 2. The SMILES string of the molecule is CC(=O)Nc1cccc(C(=O)OCc2cc3c(cc2Br)OCO3)c1. The van der Waals surface area contributed by atoms with Crippen molar-refractivity contribution in [2.24, 2.45) is 0 Å². The zero-order valence-electron chi connectivity index (χ0n) is 12.8. The molecular weight excluding hydrogens is 378 g/mol. The van der Waals surface area contributed by atoms with Crippen LogP contribution in [0.15, 0.2) is 40.9 Å².